The predicted octanol–water partition coefficient (Wildman–Crippen LogP) is 4.35. The van der Waals surface area contributed by atoms with E-state index in [-0.39, 0.29) is 0 Å². The second-order valence-corrected chi connectivity index (χ2v) is 10.3. The van der Waals surface area contributed by atoms with Crippen LogP contribution in [0.3, 0.4) is 0 Å². The van der Waals surface area contributed by atoms with E-state index in [4.69, 9.17) is 4.98 Å². The zero-order valence-corrected chi connectivity index (χ0v) is 19.8. The summed E-state index contributed by atoms with van der Waals surface area (Å²) in [5, 5.41) is 3.36. The van der Waals surface area contributed by atoms with E-state index in [0.717, 1.165) is 57.7 Å². The van der Waals surface area contributed by atoms with E-state index < -0.39 is 0 Å². The minimum atomic E-state index is 0.333. The number of piperidine rings is 2. The molecule has 168 valence electrons. The van der Waals surface area contributed by atoms with Gasteiger partial charge in [0.1, 0.15) is 5.01 Å². The van der Waals surface area contributed by atoms with E-state index in [9.17, 15) is 4.79 Å². The second-order valence-electron chi connectivity index (χ2n) is 9.31. The number of carbonyl (C=O) groups excluding carboxylic acids is 1. The molecule has 1 atom stereocenters. The highest BCUT2D eigenvalue weighted by molar-refractivity contribution is 7.09. The van der Waals surface area contributed by atoms with Crippen LogP contribution in [-0.2, 0) is 11.3 Å². The minimum absolute atomic E-state index is 0.333. The fraction of sp³-hybridized carbons (Fsp3) is 0.600. The Morgan fingerprint density at radius 1 is 1.16 bits per heavy atom. The van der Waals surface area contributed by atoms with Gasteiger partial charge in [-0.1, -0.05) is 30.3 Å². The molecule has 0 radical (unpaired) electrons. The molecule has 0 N–H and O–H groups in total. The Morgan fingerprint density at radius 3 is 2.71 bits per heavy atom. The number of rotatable bonds is 7. The van der Waals surface area contributed by atoms with Crippen molar-refractivity contribution < 1.29 is 4.79 Å². The lowest BCUT2D eigenvalue weighted by Gasteiger charge is -2.36. The van der Waals surface area contributed by atoms with Gasteiger partial charge in [0, 0.05) is 37.0 Å². The molecule has 4 rings (SSSR count). The summed E-state index contributed by atoms with van der Waals surface area (Å²) in [5.41, 5.74) is 2.27. The number of hydrogen-bond acceptors (Lipinski definition) is 5. The van der Waals surface area contributed by atoms with Crippen LogP contribution in [0.2, 0.25) is 0 Å². The Labute approximate surface area is 191 Å². The fourth-order valence-corrected chi connectivity index (χ4v) is 5.78. The zero-order valence-electron chi connectivity index (χ0n) is 19.0. The Kier molecular flexibility index (Phi) is 7.75. The average molecular weight is 441 g/mol. The first-order chi connectivity index (χ1) is 15.1. The number of thiazole rings is 1. The van der Waals surface area contributed by atoms with Gasteiger partial charge in [0.2, 0.25) is 5.91 Å². The smallest absolute Gasteiger partial charge is 0.222 e. The first-order valence-electron chi connectivity index (χ1n) is 11.7. The van der Waals surface area contributed by atoms with Crippen molar-refractivity contribution in [3.8, 4) is 11.3 Å². The summed E-state index contributed by atoms with van der Waals surface area (Å²) < 4.78 is 0. The van der Waals surface area contributed by atoms with Crippen molar-refractivity contribution in [2.45, 2.75) is 51.1 Å². The topological polar surface area (TPSA) is 39.7 Å². The van der Waals surface area contributed by atoms with E-state index >= 15 is 0 Å². The normalized spacial score (nSPS) is 21.3. The van der Waals surface area contributed by atoms with Gasteiger partial charge in [-0.2, -0.15) is 0 Å². The second kappa shape index (κ2) is 10.7. The molecule has 0 spiro atoms. The van der Waals surface area contributed by atoms with Gasteiger partial charge in [-0.25, -0.2) is 4.98 Å². The molecule has 1 aromatic carbocycles. The number of hydrogen-bond donors (Lipinski definition) is 0. The third-order valence-electron chi connectivity index (χ3n) is 6.98. The average Bonchev–Trinajstić information content (AvgIpc) is 3.27. The van der Waals surface area contributed by atoms with Crippen molar-refractivity contribution >= 4 is 17.2 Å². The quantitative estimate of drug-likeness (QED) is 0.642. The van der Waals surface area contributed by atoms with Gasteiger partial charge in [-0.3, -0.25) is 9.69 Å². The van der Waals surface area contributed by atoms with Gasteiger partial charge in [-0.15, -0.1) is 11.3 Å². The van der Waals surface area contributed by atoms with Crippen LogP contribution in [0.25, 0.3) is 11.3 Å². The van der Waals surface area contributed by atoms with Crippen LogP contribution in [0.1, 0.15) is 43.5 Å². The van der Waals surface area contributed by atoms with E-state index in [1.807, 2.05) is 18.0 Å². The Balaban J connectivity index is 1.23. The molecule has 0 saturated carbocycles. The first-order valence-corrected chi connectivity index (χ1v) is 12.6. The third-order valence-corrected chi connectivity index (χ3v) is 7.81. The lowest BCUT2D eigenvalue weighted by atomic mass is 9.93. The molecule has 2 fully saturated rings. The molecular weight excluding hydrogens is 404 g/mol. The van der Waals surface area contributed by atoms with Crippen molar-refractivity contribution in [2.75, 3.05) is 40.3 Å². The first kappa shape index (κ1) is 22.4. The monoisotopic (exact) mass is 440 g/mol. The van der Waals surface area contributed by atoms with Crippen LogP contribution in [0.5, 0.6) is 0 Å². The highest BCUT2D eigenvalue weighted by Crippen LogP contribution is 2.26. The SMILES string of the molecule is CN1CCC(N(C)C(=O)CC[C@H]2CCCN(Cc3nc(-c4ccccc4)cs3)C2)CC1. The van der Waals surface area contributed by atoms with Gasteiger partial charge in [0.15, 0.2) is 0 Å². The highest BCUT2D eigenvalue weighted by Gasteiger charge is 2.26. The van der Waals surface area contributed by atoms with Crippen LogP contribution >= 0.6 is 11.3 Å². The van der Waals surface area contributed by atoms with Gasteiger partial charge >= 0.3 is 0 Å². The zero-order chi connectivity index (χ0) is 21.6. The summed E-state index contributed by atoms with van der Waals surface area (Å²) in [6.45, 7) is 5.36. The Bertz CT molecular complexity index is 831. The maximum atomic E-state index is 12.8. The molecule has 2 aliphatic heterocycles. The molecule has 5 nitrogen and oxygen atoms in total. The van der Waals surface area contributed by atoms with Gasteiger partial charge in [0.05, 0.1) is 12.2 Å². The molecule has 3 heterocycles. The molecule has 0 bridgehead atoms. The largest absolute Gasteiger partial charge is 0.343 e. The highest BCUT2D eigenvalue weighted by atomic mass is 32.1. The van der Waals surface area contributed by atoms with Crippen LogP contribution in [0.4, 0.5) is 0 Å². The summed E-state index contributed by atoms with van der Waals surface area (Å²) in [6.07, 6.45) is 6.38. The molecule has 0 unspecified atom stereocenters. The summed E-state index contributed by atoms with van der Waals surface area (Å²) in [5.74, 6) is 0.955. The summed E-state index contributed by atoms with van der Waals surface area (Å²) in [7, 11) is 4.18. The lowest BCUT2D eigenvalue weighted by Crippen LogP contribution is -2.44. The molecule has 0 aliphatic carbocycles. The molecule has 2 aromatic rings. The number of amides is 1. The molecular formula is C25H36N4OS. The number of nitrogens with zero attached hydrogens (tertiary/aromatic N) is 4. The van der Waals surface area contributed by atoms with Crippen LogP contribution in [0.15, 0.2) is 35.7 Å². The summed E-state index contributed by atoms with van der Waals surface area (Å²) in [4.78, 5) is 24.6. The van der Waals surface area contributed by atoms with Crippen molar-refractivity contribution in [3.63, 3.8) is 0 Å². The summed E-state index contributed by atoms with van der Waals surface area (Å²) in [6, 6.07) is 10.8. The van der Waals surface area contributed by atoms with Gasteiger partial charge in [0.25, 0.3) is 0 Å². The molecule has 2 aliphatic rings. The molecule has 1 amide bonds. The van der Waals surface area contributed by atoms with Crippen molar-refractivity contribution in [2.24, 2.45) is 5.92 Å². The van der Waals surface area contributed by atoms with E-state index in [0.29, 0.717) is 24.3 Å². The molecule has 2 saturated heterocycles. The number of benzene rings is 1. The van der Waals surface area contributed by atoms with Crippen LogP contribution in [-0.4, -0.2) is 71.9 Å². The van der Waals surface area contributed by atoms with Crippen LogP contribution in [0, 0.1) is 5.92 Å². The van der Waals surface area contributed by atoms with E-state index in [2.05, 4.69) is 46.5 Å². The predicted molar refractivity (Wildman–Crippen MR) is 128 cm³/mol. The molecule has 31 heavy (non-hydrogen) atoms. The maximum absolute atomic E-state index is 12.8. The van der Waals surface area contributed by atoms with Gasteiger partial charge < -0.3 is 9.80 Å². The summed E-state index contributed by atoms with van der Waals surface area (Å²) >= 11 is 1.76. The standard InChI is InChI=1S/C25H36N4OS/c1-27-15-12-22(13-16-27)28(2)25(30)11-10-20-7-6-14-29(17-20)18-24-26-23(19-31-24)21-8-4-3-5-9-21/h3-5,8-9,19-20,22H,6-7,10-18H2,1-2H3/t20-/m1/s1. The van der Waals surface area contributed by atoms with Crippen molar-refractivity contribution in [3.05, 3.63) is 40.7 Å². The fourth-order valence-electron chi connectivity index (χ4n) is 4.94. The molecule has 1 aromatic heterocycles. The van der Waals surface area contributed by atoms with Crippen molar-refractivity contribution in [1.29, 1.82) is 0 Å². The number of aromatic nitrogens is 1. The minimum Gasteiger partial charge on any atom is -0.343 e. The lowest BCUT2D eigenvalue weighted by molar-refractivity contribution is -0.133. The van der Waals surface area contributed by atoms with Crippen LogP contribution < -0.4 is 0 Å². The number of carbonyl (C=O) groups is 1. The number of likely N-dealkylation sites (tertiary alicyclic amines) is 2. The van der Waals surface area contributed by atoms with Crippen molar-refractivity contribution in [1.82, 2.24) is 19.7 Å². The Morgan fingerprint density at radius 2 is 1.94 bits per heavy atom. The van der Waals surface area contributed by atoms with E-state index in [1.165, 1.54) is 23.4 Å². The third kappa shape index (κ3) is 6.15. The van der Waals surface area contributed by atoms with E-state index in [1.54, 1.807) is 11.3 Å². The van der Waals surface area contributed by atoms with Gasteiger partial charge in [-0.05, 0) is 64.7 Å². The maximum Gasteiger partial charge on any atom is 0.222 e. The molecule has 6 heteroatoms. The Hall–Kier alpha value is -1.76.